The van der Waals surface area contributed by atoms with E-state index in [1.165, 1.54) is 62.5 Å². The molecule has 0 N–H and O–H groups in total. The fourth-order valence-corrected chi connectivity index (χ4v) is 4.99. The number of unbranched alkanes of at least 4 members (excludes halogenated alkanes) is 9. The van der Waals surface area contributed by atoms with Gasteiger partial charge in [0.05, 0.1) is 17.1 Å². The van der Waals surface area contributed by atoms with Crippen LogP contribution >= 0.6 is 0 Å². The summed E-state index contributed by atoms with van der Waals surface area (Å²) < 4.78 is 0. The smallest absolute Gasteiger partial charge is 0.135 e. The van der Waals surface area contributed by atoms with E-state index in [0.29, 0.717) is 0 Å². The maximum absolute atomic E-state index is 5.35. The number of rotatable bonds is 20. The van der Waals surface area contributed by atoms with Crippen molar-refractivity contribution in [3.63, 3.8) is 0 Å². The van der Waals surface area contributed by atoms with Gasteiger partial charge in [-0.15, -0.1) is 0 Å². The molecule has 0 amide bonds. The molecule has 0 saturated heterocycles. The minimum absolute atomic E-state index is 0. The van der Waals surface area contributed by atoms with Crippen LogP contribution in [0.25, 0.3) is 0 Å². The first kappa shape index (κ1) is 38.3. The largest absolute Gasteiger partial charge is 0.250 e. The number of hydrogen-bond donors (Lipinski definition) is 0. The Balaban J connectivity index is 0.00000924. The van der Waals surface area contributed by atoms with Gasteiger partial charge in [-0.25, -0.2) is 4.99 Å². The van der Waals surface area contributed by atoms with Crippen molar-refractivity contribution < 1.29 is 16.5 Å². The van der Waals surface area contributed by atoms with E-state index in [4.69, 9.17) is 9.98 Å². The van der Waals surface area contributed by atoms with Crippen LogP contribution in [0, 0.1) is 11.8 Å². The molecule has 0 radical (unpaired) electrons. The van der Waals surface area contributed by atoms with Crippen molar-refractivity contribution in [2.75, 3.05) is 0 Å². The zero-order valence-electron chi connectivity index (χ0n) is 27.5. The molecule has 0 heterocycles. The SMILES string of the molecule is C/C=C/CCc1ccccc1N=C(C#CCCCCCC)C(CCCCCCCC)=Nc1ccccc1CC/C=C/C.[Ni]. The Labute approximate surface area is 274 Å². The second kappa shape index (κ2) is 25.8. The molecular weight excluding hydrogens is 567 g/mol. The second-order valence-corrected chi connectivity index (χ2v) is 11.1. The first-order valence-electron chi connectivity index (χ1n) is 16.8. The van der Waals surface area contributed by atoms with Crippen LogP contribution in [0.3, 0.4) is 0 Å². The Morgan fingerprint density at radius 1 is 0.651 bits per heavy atom. The zero-order chi connectivity index (χ0) is 30.1. The van der Waals surface area contributed by atoms with Crippen LogP contribution in [-0.2, 0) is 29.3 Å². The third-order valence-electron chi connectivity index (χ3n) is 7.51. The Morgan fingerprint density at radius 2 is 1.16 bits per heavy atom. The average molecular weight is 624 g/mol. The summed E-state index contributed by atoms with van der Waals surface area (Å²) in [6, 6.07) is 17.2. The van der Waals surface area contributed by atoms with Gasteiger partial charge in [-0.3, -0.25) is 4.99 Å². The Hall–Kier alpha value is -2.69. The topological polar surface area (TPSA) is 24.7 Å². The molecule has 236 valence electrons. The van der Waals surface area contributed by atoms with Gasteiger partial charge >= 0.3 is 0 Å². The molecule has 3 heteroatoms. The number of para-hydroxylation sites is 2. The van der Waals surface area contributed by atoms with Gasteiger partial charge in [-0.1, -0.05) is 132 Å². The first-order valence-corrected chi connectivity index (χ1v) is 16.8. The van der Waals surface area contributed by atoms with E-state index in [-0.39, 0.29) is 16.5 Å². The van der Waals surface area contributed by atoms with Crippen molar-refractivity contribution in [2.24, 2.45) is 9.98 Å². The Kier molecular flexibility index (Phi) is 23.0. The molecule has 43 heavy (non-hydrogen) atoms. The van der Waals surface area contributed by atoms with Gasteiger partial charge in [0, 0.05) is 22.9 Å². The molecule has 2 aromatic carbocycles. The third kappa shape index (κ3) is 16.7. The van der Waals surface area contributed by atoms with Gasteiger partial charge in [0.1, 0.15) is 5.71 Å². The number of hydrogen-bond acceptors (Lipinski definition) is 2. The van der Waals surface area contributed by atoms with Gasteiger partial charge < -0.3 is 0 Å². The van der Waals surface area contributed by atoms with Crippen LogP contribution in [0.4, 0.5) is 11.4 Å². The van der Waals surface area contributed by atoms with Crippen molar-refractivity contribution in [1.82, 2.24) is 0 Å². The predicted molar refractivity (Wildman–Crippen MR) is 188 cm³/mol. The molecule has 0 aliphatic rings. The van der Waals surface area contributed by atoms with Crippen molar-refractivity contribution in [1.29, 1.82) is 0 Å². The molecule has 2 nitrogen and oxygen atoms in total. The number of nitrogens with zero attached hydrogens (tertiary/aromatic N) is 2. The summed E-state index contributed by atoms with van der Waals surface area (Å²) in [6.07, 6.45) is 26.9. The van der Waals surface area contributed by atoms with Crippen molar-refractivity contribution in [3.05, 3.63) is 84.0 Å². The van der Waals surface area contributed by atoms with E-state index in [1.54, 1.807) is 0 Å². The van der Waals surface area contributed by atoms with Gasteiger partial charge in [0.2, 0.25) is 0 Å². The van der Waals surface area contributed by atoms with E-state index in [2.05, 4.69) is 112 Å². The fraction of sp³-hybridized carbons (Fsp3) is 0.500. The molecule has 0 bridgehead atoms. The summed E-state index contributed by atoms with van der Waals surface area (Å²) >= 11 is 0. The number of aliphatic imine (C=N–C) groups is 2. The Morgan fingerprint density at radius 3 is 1.74 bits per heavy atom. The first-order chi connectivity index (χ1) is 20.7. The summed E-state index contributed by atoms with van der Waals surface area (Å²) in [4.78, 5) is 10.6. The van der Waals surface area contributed by atoms with Crippen LogP contribution in [-0.4, -0.2) is 11.4 Å². The predicted octanol–water partition coefficient (Wildman–Crippen LogP) is 12.3. The van der Waals surface area contributed by atoms with Crippen LogP contribution < -0.4 is 0 Å². The van der Waals surface area contributed by atoms with Crippen LogP contribution in [0.2, 0.25) is 0 Å². The quantitative estimate of drug-likeness (QED) is 0.0461. The molecule has 0 unspecified atom stereocenters. The van der Waals surface area contributed by atoms with Crippen molar-refractivity contribution in [3.8, 4) is 11.8 Å². The minimum Gasteiger partial charge on any atom is -0.250 e. The van der Waals surface area contributed by atoms with Gasteiger partial charge in [-0.2, -0.15) is 0 Å². The van der Waals surface area contributed by atoms with Crippen molar-refractivity contribution >= 4 is 22.8 Å². The van der Waals surface area contributed by atoms with E-state index in [1.807, 2.05) is 0 Å². The van der Waals surface area contributed by atoms with Gasteiger partial charge in [0.25, 0.3) is 0 Å². The molecule has 2 rings (SSSR count). The molecular formula is C40H56N2Ni. The standard InChI is InChI=1S/C40H56N2.Ni/c1-5-9-13-15-17-21-33-39(41-37-31-25-23-29-35(37)27-19-11-7-3)40(34-22-18-16-14-10-6-2)42-38-32-26-24-30-36(38)28-20-12-8-4;/h7-8,11-12,23-26,29-32H,5-6,9-10,13-21,27-28,33H2,1-4H3;/b11-7+,12-8+,41-39?,42-40?;. The van der Waals surface area contributed by atoms with Crippen molar-refractivity contribution in [2.45, 2.75) is 130 Å². The summed E-state index contributed by atoms with van der Waals surface area (Å²) in [6.45, 7) is 8.70. The van der Waals surface area contributed by atoms with E-state index >= 15 is 0 Å². The minimum atomic E-state index is 0. The Bertz CT molecular complexity index is 1190. The molecule has 0 fully saturated rings. The third-order valence-corrected chi connectivity index (χ3v) is 7.51. The maximum Gasteiger partial charge on any atom is 0.135 e. The molecule has 0 saturated carbocycles. The monoisotopic (exact) mass is 622 g/mol. The molecule has 0 spiro atoms. The summed E-state index contributed by atoms with van der Waals surface area (Å²) in [5, 5.41) is 0. The number of allylic oxidation sites excluding steroid dienone is 4. The molecule has 0 aliphatic carbocycles. The van der Waals surface area contributed by atoms with Gasteiger partial charge in [-0.05, 0) is 88.0 Å². The number of aryl methyl sites for hydroxylation is 2. The van der Waals surface area contributed by atoms with E-state index in [0.717, 1.165) is 74.2 Å². The summed E-state index contributed by atoms with van der Waals surface area (Å²) in [5.41, 5.74) is 6.52. The molecule has 0 aromatic heterocycles. The summed E-state index contributed by atoms with van der Waals surface area (Å²) in [7, 11) is 0. The number of benzene rings is 2. The molecule has 0 aliphatic heterocycles. The maximum atomic E-state index is 5.35. The summed E-state index contributed by atoms with van der Waals surface area (Å²) in [5.74, 6) is 7.03. The van der Waals surface area contributed by atoms with E-state index < -0.39 is 0 Å². The normalized spacial score (nSPS) is 12.0. The van der Waals surface area contributed by atoms with Crippen LogP contribution in [0.15, 0.2) is 82.8 Å². The zero-order valence-corrected chi connectivity index (χ0v) is 28.4. The average Bonchev–Trinajstić information content (AvgIpc) is 3.01. The van der Waals surface area contributed by atoms with Crippen LogP contribution in [0.5, 0.6) is 0 Å². The van der Waals surface area contributed by atoms with E-state index in [9.17, 15) is 0 Å². The molecule has 2 aromatic rings. The van der Waals surface area contributed by atoms with Crippen LogP contribution in [0.1, 0.15) is 129 Å². The fourth-order valence-electron chi connectivity index (χ4n) is 4.99. The molecule has 0 atom stereocenters. The van der Waals surface area contributed by atoms with Gasteiger partial charge in [0.15, 0.2) is 0 Å². The second-order valence-electron chi connectivity index (χ2n) is 11.1.